The summed E-state index contributed by atoms with van der Waals surface area (Å²) in [6.45, 7) is 6.29. The SMILES string of the molecule is CC(C)(C)n1nc(-c2ccccc2)c2c(N)[nH]nc21. The lowest BCUT2D eigenvalue weighted by Crippen LogP contribution is -2.23. The number of nitrogen functional groups attached to an aromatic ring is 1. The van der Waals surface area contributed by atoms with E-state index >= 15 is 0 Å². The van der Waals surface area contributed by atoms with Crippen LogP contribution in [-0.4, -0.2) is 20.0 Å². The van der Waals surface area contributed by atoms with Crippen molar-refractivity contribution in [3.05, 3.63) is 30.3 Å². The third-order valence-corrected chi connectivity index (χ3v) is 3.10. The number of aromatic amines is 1. The largest absolute Gasteiger partial charge is 0.383 e. The van der Waals surface area contributed by atoms with Crippen LogP contribution in [0.5, 0.6) is 0 Å². The van der Waals surface area contributed by atoms with Gasteiger partial charge in [0, 0.05) is 5.56 Å². The topological polar surface area (TPSA) is 72.5 Å². The first kappa shape index (κ1) is 11.8. The van der Waals surface area contributed by atoms with Gasteiger partial charge in [-0.15, -0.1) is 0 Å². The highest BCUT2D eigenvalue weighted by Gasteiger charge is 2.24. The second-order valence-electron chi connectivity index (χ2n) is 5.63. The molecule has 5 heteroatoms. The Labute approximate surface area is 111 Å². The van der Waals surface area contributed by atoms with Crippen molar-refractivity contribution in [3.63, 3.8) is 0 Å². The Morgan fingerprint density at radius 1 is 1.16 bits per heavy atom. The number of hydrogen-bond donors (Lipinski definition) is 2. The minimum Gasteiger partial charge on any atom is -0.383 e. The summed E-state index contributed by atoms with van der Waals surface area (Å²) in [6.07, 6.45) is 0. The number of nitrogens with one attached hydrogen (secondary N) is 1. The number of H-pyrrole nitrogens is 1. The molecule has 5 nitrogen and oxygen atoms in total. The molecule has 3 N–H and O–H groups in total. The Morgan fingerprint density at radius 2 is 1.84 bits per heavy atom. The zero-order valence-corrected chi connectivity index (χ0v) is 11.3. The second kappa shape index (κ2) is 3.85. The van der Waals surface area contributed by atoms with E-state index < -0.39 is 0 Å². The van der Waals surface area contributed by atoms with Gasteiger partial charge < -0.3 is 5.73 Å². The zero-order chi connectivity index (χ0) is 13.6. The highest BCUT2D eigenvalue weighted by atomic mass is 15.4. The molecule has 0 saturated carbocycles. The van der Waals surface area contributed by atoms with E-state index in [1.165, 1.54) is 0 Å². The Hall–Kier alpha value is -2.30. The van der Waals surface area contributed by atoms with E-state index in [2.05, 4.69) is 31.0 Å². The standard InChI is InChI=1S/C14H17N5/c1-14(2,3)19-13-10(12(15)16-17-13)11(18-19)9-7-5-4-6-8-9/h4-8H,1-3H3,(H3,15,16,17). The number of aromatic nitrogens is 4. The molecule has 19 heavy (non-hydrogen) atoms. The van der Waals surface area contributed by atoms with Crippen LogP contribution in [0.25, 0.3) is 22.3 Å². The summed E-state index contributed by atoms with van der Waals surface area (Å²) in [7, 11) is 0. The fourth-order valence-corrected chi connectivity index (χ4v) is 2.20. The third-order valence-electron chi connectivity index (χ3n) is 3.10. The number of anilines is 1. The summed E-state index contributed by atoms with van der Waals surface area (Å²) in [4.78, 5) is 0. The van der Waals surface area contributed by atoms with Crippen molar-refractivity contribution in [1.29, 1.82) is 0 Å². The predicted molar refractivity (Wildman–Crippen MR) is 76.7 cm³/mol. The molecule has 0 radical (unpaired) electrons. The van der Waals surface area contributed by atoms with Crippen LogP contribution in [0, 0.1) is 0 Å². The monoisotopic (exact) mass is 255 g/mol. The van der Waals surface area contributed by atoms with Gasteiger partial charge in [0.15, 0.2) is 5.65 Å². The van der Waals surface area contributed by atoms with Crippen LogP contribution >= 0.6 is 0 Å². The van der Waals surface area contributed by atoms with Gasteiger partial charge in [0.05, 0.1) is 10.9 Å². The van der Waals surface area contributed by atoms with Gasteiger partial charge in [-0.3, -0.25) is 5.10 Å². The average molecular weight is 255 g/mol. The molecule has 0 spiro atoms. The molecule has 1 aromatic carbocycles. The summed E-state index contributed by atoms with van der Waals surface area (Å²) in [5, 5.41) is 12.7. The third kappa shape index (κ3) is 1.78. The summed E-state index contributed by atoms with van der Waals surface area (Å²) < 4.78 is 1.91. The number of nitrogens with two attached hydrogens (primary N) is 1. The van der Waals surface area contributed by atoms with Crippen LogP contribution in [0.4, 0.5) is 5.82 Å². The molecular weight excluding hydrogens is 238 g/mol. The lowest BCUT2D eigenvalue weighted by atomic mass is 10.1. The second-order valence-corrected chi connectivity index (χ2v) is 5.63. The maximum absolute atomic E-state index is 6.00. The summed E-state index contributed by atoms with van der Waals surface area (Å²) in [5.74, 6) is 0.560. The number of fused-ring (bicyclic) bond motifs is 1. The van der Waals surface area contributed by atoms with E-state index in [0.29, 0.717) is 5.82 Å². The van der Waals surface area contributed by atoms with E-state index in [1.54, 1.807) is 0 Å². The number of benzene rings is 1. The van der Waals surface area contributed by atoms with E-state index in [4.69, 9.17) is 10.8 Å². The lowest BCUT2D eigenvalue weighted by Gasteiger charge is -2.19. The Morgan fingerprint density at radius 3 is 2.47 bits per heavy atom. The molecule has 0 atom stereocenters. The molecule has 3 rings (SSSR count). The summed E-state index contributed by atoms with van der Waals surface area (Å²) >= 11 is 0. The van der Waals surface area contributed by atoms with Crippen LogP contribution in [0.15, 0.2) is 30.3 Å². The quantitative estimate of drug-likeness (QED) is 0.702. The van der Waals surface area contributed by atoms with Crippen LogP contribution in [0.1, 0.15) is 20.8 Å². The Bertz CT molecular complexity index is 715. The van der Waals surface area contributed by atoms with Gasteiger partial charge in [-0.25, -0.2) is 4.68 Å². The van der Waals surface area contributed by atoms with Crippen LogP contribution in [-0.2, 0) is 5.54 Å². The molecule has 98 valence electrons. The highest BCUT2D eigenvalue weighted by molar-refractivity contribution is 5.98. The van der Waals surface area contributed by atoms with E-state index in [1.807, 2.05) is 35.0 Å². The lowest BCUT2D eigenvalue weighted by molar-refractivity contribution is 0.366. The van der Waals surface area contributed by atoms with Gasteiger partial charge in [-0.1, -0.05) is 30.3 Å². The van der Waals surface area contributed by atoms with Crippen molar-refractivity contribution < 1.29 is 0 Å². The number of hydrogen-bond acceptors (Lipinski definition) is 3. The van der Waals surface area contributed by atoms with E-state index in [-0.39, 0.29) is 5.54 Å². The van der Waals surface area contributed by atoms with Gasteiger partial charge in [0.2, 0.25) is 0 Å². The summed E-state index contributed by atoms with van der Waals surface area (Å²) in [5.41, 5.74) is 8.57. The molecule has 0 aliphatic carbocycles. The maximum Gasteiger partial charge on any atom is 0.182 e. The van der Waals surface area contributed by atoms with Crippen molar-refractivity contribution in [2.45, 2.75) is 26.3 Å². The molecule has 0 saturated heterocycles. The van der Waals surface area contributed by atoms with Crippen molar-refractivity contribution in [2.75, 3.05) is 5.73 Å². The molecule has 0 amide bonds. The van der Waals surface area contributed by atoms with Crippen molar-refractivity contribution >= 4 is 16.9 Å². The van der Waals surface area contributed by atoms with Gasteiger partial charge in [-0.05, 0) is 20.8 Å². The first-order chi connectivity index (χ1) is 8.98. The molecule has 0 unspecified atom stereocenters. The molecule has 0 aliphatic rings. The summed E-state index contributed by atoms with van der Waals surface area (Å²) in [6, 6.07) is 10.0. The van der Waals surface area contributed by atoms with Crippen molar-refractivity contribution in [2.24, 2.45) is 0 Å². The first-order valence-electron chi connectivity index (χ1n) is 6.27. The van der Waals surface area contributed by atoms with Gasteiger partial charge >= 0.3 is 0 Å². The smallest absolute Gasteiger partial charge is 0.182 e. The van der Waals surface area contributed by atoms with E-state index in [9.17, 15) is 0 Å². The first-order valence-corrected chi connectivity index (χ1v) is 6.27. The molecule has 0 aliphatic heterocycles. The predicted octanol–water partition coefficient (Wildman–Crippen LogP) is 2.76. The molecule has 2 heterocycles. The normalized spacial score (nSPS) is 12.2. The number of nitrogens with zero attached hydrogens (tertiary/aromatic N) is 3. The fourth-order valence-electron chi connectivity index (χ4n) is 2.20. The van der Waals surface area contributed by atoms with Gasteiger partial charge in [0.25, 0.3) is 0 Å². The van der Waals surface area contributed by atoms with E-state index in [0.717, 1.165) is 22.3 Å². The van der Waals surface area contributed by atoms with Gasteiger partial charge in [0.1, 0.15) is 11.5 Å². The minimum absolute atomic E-state index is 0.146. The molecule has 2 aromatic heterocycles. The molecular formula is C14H17N5. The van der Waals surface area contributed by atoms with Crippen LogP contribution in [0.2, 0.25) is 0 Å². The van der Waals surface area contributed by atoms with Crippen LogP contribution < -0.4 is 5.73 Å². The Balaban J connectivity index is 2.34. The average Bonchev–Trinajstić information content (AvgIpc) is 2.91. The fraction of sp³-hybridized carbons (Fsp3) is 0.286. The van der Waals surface area contributed by atoms with Crippen molar-refractivity contribution in [3.8, 4) is 11.3 Å². The molecule has 3 aromatic rings. The number of rotatable bonds is 1. The zero-order valence-electron chi connectivity index (χ0n) is 11.3. The Kier molecular flexibility index (Phi) is 2.38. The maximum atomic E-state index is 6.00. The molecule has 0 bridgehead atoms. The highest BCUT2D eigenvalue weighted by Crippen LogP contribution is 2.33. The minimum atomic E-state index is -0.146. The molecule has 0 fully saturated rings. The van der Waals surface area contributed by atoms with Crippen LogP contribution in [0.3, 0.4) is 0 Å². The van der Waals surface area contributed by atoms with Crippen molar-refractivity contribution in [1.82, 2.24) is 20.0 Å². The van der Waals surface area contributed by atoms with Gasteiger partial charge in [-0.2, -0.15) is 10.2 Å².